The van der Waals surface area contributed by atoms with Crippen LogP contribution in [0.2, 0.25) is 0 Å². The fourth-order valence-electron chi connectivity index (χ4n) is 3.38. The average molecular weight is 352 g/mol. The van der Waals surface area contributed by atoms with Crippen molar-refractivity contribution in [3.05, 3.63) is 16.0 Å². The lowest BCUT2D eigenvalue weighted by atomic mass is 9.95. The Bertz CT molecular complexity index is 628. The van der Waals surface area contributed by atoms with Crippen molar-refractivity contribution in [1.82, 2.24) is 4.90 Å². The highest BCUT2D eigenvalue weighted by molar-refractivity contribution is 7.17. The smallest absolute Gasteiger partial charge is 0.341 e. The summed E-state index contributed by atoms with van der Waals surface area (Å²) in [6, 6.07) is 0. The number of carbonyl (C=O) groups excluding carboxylic acids is 2. The lowest BCUT2D eigenvalue weighted by molar-refractivity contribution is -0.119. The number of nitrogens with one attached hydrogen (secondary N) is 1. The fraction of sp³-hybridized carbons (Fsp3) is 0.647. The summed E-state index contributed by atoms with van der Waals surface area (Å²) >= 11 is 1.52. The Kier molecular flexibility index (Phi) is 5.53. The number of nitrogens with zero attached hydrogens (tertiary/aromatic N) is 1. The lowest BCUT2D eigenvalue weighted by Gasteiger charge is -2.30. The third-order valence-electron chi connectivity index (χ3n) is 4.51. The molecule has 0 unspecified atom stereocenters. The first-order valence-electron chi connectivity index (χ1n) is 8.45. The summed E-state index contributed by atoms with van der Waals surface area (Å²) < 4.78 is 10.4. The number of hydrogen-bond donors (Lipinski definition) is 1. The Morgan fingerprint density at radius 2 is 2.17 bits per heavy atom. The van der Waals surface area contributed by atoms with Crippen LogP contribution in [0.25, 0.3) is 0 Å². The highest BCUT2D eigenvalue weighted by Crippen LogP contribution is 2.38. The molecular formula is C17H24N2O4S. The molecule has 1 aliphatic carbocycles. The molecule has 1 N–H and O–H groups in total. The fourth-order valence-corrected chi connectivity index (χ4v) is 4.67. The van der Waals surface area contributed by atoms with Crippen LogP contribution in [0.15, 0.2) is 0 Å². The van der Waals surface area contributed by atoms with E-state index in [0.29, 0.717) is 23.7 Å². The van der Waals surface area contributed by atoms with Gasteiger partial charge < -0.3 is 14.8 Å². The molecule has 1 aliphatic heterocycles. The van der Waals surface area contributed by atoms with Crippen LogP contribution in [-0.4, -0.2) is 56.2 Å². The van der Waals surface area contributed by atoms with Gasteiger partial charge in [0.25, 0.3) is 0 Å². The number of hydrogen-bond acceptors (Lipinski definition) is 6. The van der Waals surface area contributed by atoms with Gasteiger partial charge in [0.15, 0.2) is 0 Å². The number of fused-ring (bicyclic) bond motifs is 1. The molecule has 0 aromatic carbocycles. The largest absolute Gasteiger partial charge is 0.465 e. The Labute approximate surface area is 146 Å². The third kappa shape index (κ3) is 3.79. The highest BCUT2D eigenvalue weighted by Gasteiger charge is 2.27. The summed E-state index contributed by atoms with van der Waals surface area (Å²) in [4.78, 5) is 27.9. The zero-order valence-corrected chi connectivity index (χ0v) is 15.0. The molecule has 1 amide bonds. The molecule has 2 heterocycles. The van der Waals surface area contributed by atoms with E-state index in [-0.39, 0.29) is 18.0 Å². The maximum absolute atomic E-state index is 12.4. The topological polar surface area (TPSA) is 67.9 Å². The number of morpholine rings is 1. The number of amides is 1. The van der Waals surface area contributed by atoms with Crippen LogP contribution in [0.4, 0.5) is 5.00 Å². The first-order chi connectivity index (χ1) is 11.6. The van der Waals surface area contributed by atoms with E-state index in [1.807, 2.05) is 6.92 Å². The number of carbonyl (C=O) groups is 2. The van der Waals surface area contributed by atoms with Crippen molar-refractivity contribution in [2.24, 2.45) is 0 Å². The van der Waals surface area contributed by atoms with Crippen LogP contribution < -0.4 is 5.32 Å². The summed E-state index contributed by atoms with van der Waals surface area (Å²) in [5, 5.41) is 3.58. The van der Waals surface area contributed by atoms with Gasteiger partial charge in [0.05, 0.1) is 31.9 Å². The van der Waals surface area contributed by atoms with Crippen LogP contribution >= 0.6 is 11.3 Å². The SMILES string of the molecule is COC(=O)c1c(NC(=O)CN2CCO[C@H](C)C2)sc2c1CCCC2. The second kappa shape index (κ2) is 7.63. The molecule has 3 rings (SSSR count). The molecule has 6 nitrogen and oxygen atoms in total. The maximum atomic E-state index is 12.4. The van der Waals surface area contributed by atoms with Gasteiger partial charge in [-0.15, -0.1) is 11.3 Å². The summed E-state index contributed by atoms with van der Waals surface area (Å²) in [5.74, 6) is -0.447. The summed E-state index contributed by atoms with van der Waals surface area (Å²) in [6.07, 6.45) is 4.21. The van der Waals surface area contributed by atoms with Crippen molar-refractivity contribution < 1.29 is 19.1 Å². The van der Waals surface area contributed by atoms with E-state index >= 15 is 0 Å². The number of thiophene rings is 1. The summed E-state index contributed by atoms with van der Waals surface area (Å²) in [7, 11) is 1.38. The zero-order chi connectivity index (χ0) is 17.1. The molecule has 0 bridgehead atoms. The molecule has 0 radical (unpaired) electrons. The van der Waals surface area contributed by atoms with Gasteiger partial charge in [-0.1, -0.05) is 0 Å². The predicted molar refractivity (Wildman–Crippen MR) is 92.8 cm³/mol. The zero-order valence-electron chi connectivity index (χ0n) is 14.2. The van der Waals surface area contributed by atoms with E-state index in [9.17, 15) is 9.59 Å². The van der Waals surface area contributed by atoms with E-state index in [2.05, 4.69) is 10.2 Å². The van der Waals surface area contributed by atoms with Crippen LogP contribution in [0, 0.1) is 0 Å². The first kappa shape index (κ1) is 17.4. The van der Waals surface area contributed by atoms with Gasteiger partial charge in [-0.2, -0.15) is 0 Å². The van der Waals surface area contributed by atoms with E-state index in [1.165, 1.54) is 23.3 Å². The normalized spacial score (nSPS) is 21.2. The highest BCUT2D eigenvalue weighted by atomic mass is 32.1. The molecule has 0 spiro atoms. The van der Waals surface area contributed by atoms with E-state index in [4.69, 9.17) is 9.47 Å². The van der Waals surface area contributed by atoms with Crippen LogP contribution in [0.3, 0.4) is 0 Å². The number of rotatable bonds is 4. The number of esters is 1. The maximum Gasteiger partial charge on any atom is 0.341 e. The minimum absolute atomic E-state index is 0.0900. The van der Waals surface area contributed by atoms with Gasteiger partial charge in [-0.25, -0.2) is 4.79 Å². The first-order valence-corrected chi connectivity index (χ1v) is 9.26. The molecule has 0 saturated carbocycles. The van der Waals surface area contributed by atoms with Crippen molar-refractivity contribution in [3.8, 4) is 0 Å². The van der Waals surface area contributed by atoms with Crippen LogP contribution in [0.1, 0.15) is 40.6 Å². The Morgan fingerprint density at radius 1 is 1.38 bits per heavy atom. The minimum Gasteiger partial charge on any atom is -0.465 e. The molecule has 1 saturated heterocycles. The molecule has 7 heteroatoms. The summed E-state index contributed by atoms with van der Waals surface area (Å²) in [6.45, 7) is 4.47. The van der Waals surface area contributed by atoms with Crippen molar-refractivity contribution in [1.29, 1.82) is 0 Å². The minimum atomic E-state index is -0.357. The van der Waals surface area contributed by atoms with Crippen LogP contribution in [-0.2, 0) is 27.1 Å². The lowest BCUT2D eigenvalue weighted by Crippen LogP contribution is -2.44. The molecular weight excluding hydrogens is 328 g/mol. The standard InChI is InChI=1S/C17H24N2O4S/c1-11-9-19(7-8-23-11)10-14(20)18-16-15(17(21)22-2)12-5-3-4-6-13(12)24-16/h11H,3-10H2,1-2H3,(H,18,20)/t11-/m1/s1. The van der Waals surface area contributed by atoms with E-state index in [0.717, 1.165) is 44.3 Å². The molecule has 24 heavy (non-hydrogen) atoms. The van der Waals surface area contributed by atoms with Crippen molar-refractivity contribution in [2.75, 3.05) is 38.7 Å². The van der Waals surface area contributed by atoms with Gasteiger partial charge in [-0.3, -0.25) is 9.69 Å². The number of methoxy groups -OCH3 is 1. The van der Waals surface area contributed by atoms with E-state index < -0.39 is 0 Å². The van der Waals surface area contributed by atoms with Crippen molar-refractivity contribution >= 4 is 28.2 Å². The quantitative estimate of drug-likeness (QED) is 0.840. The third-order valence-corrected chi connectivity index (χ3v) is 5.71. The van der Waals surface area contributed by atoms with E-state index in [1.54, 1.807) is 0 Å². The van der Waals surface area contributed by atoms with Gasteiger partial charge >= 0.3 is 5.97 Å². The molecule has 2 aliphatic rings. The molecule has 1 aromatic heterocycles. The molecule has 1 fully saturated rings. The Balaban J connectivity index is 1.73. The Hall–Kier alpha value is -1.44. The van der Waals surface area contributed by atoms with Crippen molar-refractivity contribution in [3.63, 3.8) is 0 Å². The molecule has 132 valence electrons. The summed E-state index contributed by atoms with van der Waals surface area (Å²) in [5.41, 5.74) is 1.62. The Morgan fingerprint density at radius 3 is 2.92 bits per heavy atom. The molecule has 1 atom stereocenters. The number of ether oxygens (including phenoxy) is 2. The van der Waals surface area contributed by atoms with Gasteiger partial charge in [0.2, 0.25) is 5.91 Å². The van der Waals surface area contributed by atoms with Gasteiger partial charge in [0, 0.05) is 18.0 Å². The number of aryl methyl sites for hydroxylation is 1. The average Bonchev–Trinajstić information content (AvgIpc) is 2.91. The second-order valence-corrected chi connectivity index (χ2v) is 7.48. The predicted octanol–water partition coefficient (Wildman–Crippen LogP) is 2.07. The molecule has 1 aromatic rings. The van der Waals surface area contributed by atoms with Gasteiger partial charge in [-0.05, 0) is 38.2 Å². The second-order valence-electron chi connectivity index (χ2n) is 6.37. The number of anilines is 1. The van der Waals surface area contributed by atoms with Gasteiger partial charge in [0.1, 0.15) is 5.00 Å². The van der Waals surface area contributed by atoms with Crippen molar-refractivity contribution in [2.45, 2.75) is 38.7 Å². The van der Waals surface area contributed by atoms with Crippen LogP contribution in [0.5, 0.6) is 0 Å². The monoisotopic (exact) mass is 352 g/mol.